The molecule has 1 heterocycles. The van der Waals surface area contributed by atoms with Crippen molar-refractivity contribution in [1.82, 2.24) is 10.2 Å². The first-order chi connectivity index (χ1) is 14.0. The Morgan fingerprint density at radius 1 is 1.17 bits per heavy atom. The van der Waals surface area contributed by atoms with Crippen molar-refractivity contribution >= 4 is 12.0 Å². The summed E-state index contributed by atoms with van der Waals surface area (Å²) in [5.74, 6) is 0.769. The average molecular weight is 405 g/mol. The number of nitrogens with zero attached hydrogens (tertiary/aromatic N) is 1. The second kappa shape index (κ2) is 9.85. The van der Waals surface area contributed by atoms with Crippen LogP contribution in [0.1, 0.15) is 51.0 Å². The van der Waals surface area contributed by atoms with E-state index in [1.807, 2.05) is 0 Å². The lowest BCUT2D eigenvalue weighted by molar-refractivity contribution is -0.121. The number of carbonyl (C=O) groups excluding carboxylic acids is 2. The van der Waals surface area contributed by atoms with Crippen LogP contribution < -0.4 is 10.1 Å². The first-order valence-corrected chi connectivity index (χ1v) is 10.6. The number of carbonyl (C=O) groups is 2. The third-order valence-corrected chi connectivity index (χ3v) is 6.01. The van der Waals surface area contributed by atoms with E-state index in [1.54, 1.807) is 17.0 Å². The zero-order chi connectivity index (χ0) is 20.8. The number of phenolic OH excluding ortho intramolecular Hbond substituents is 1. The van der Waals surface area contributed by atoms with E-state index in [2.05, 4.69) is 12.2 Å². The summed E-state index contributed by atoms with van der Waals surface area (Å²) in [6.07, 6.45) is 5.92. The van der Waals surface area contributed by atoms with Gasteiger partial charge in [-0.1, -0.05) is 19.4 Å². The minimum absolute atomic E-state index is 0.0379. The Balaban J connectivity index is 1.42. The number of piperidine rings is 1. The maximum atomic E-state index is 12.5. The van der Waals surface area contributed by atoms with Crippen molar-refractivity contribution in [2.45, 2.75) is 64.0 Å². The van der Waals surface area contributed by atoms with E-state index in [4.69, 9.17) is 9.47 Å². The van der Waals surface area contributed by atoms with E-state index < -0.39 is 0 Å². The number of amides is 2. The lowest BCUT2D eigenvalue weighted by atomic mass is 9.88. The Morgan fingerprint density at radius 2 is 1.90 bits per heavy atom. The van der Waals surface area contributed by atoms with Crippen LogP contribution in [0.25, 0.3) is 0 Å². The molecule has 1 aliphatic carbocycles. The highest BCUT2D eigenvalue weighted by Crippen LogP contribution is 2.28. The molecule has 2 amide bonds. The molecule has 0 aromatic heterocycles. The van der Waals surface area contributed by atoms with E-state index in [1.165, 1.54) is 19.6 Å². The summed E-state index contributed by atoms with van der Waals surface area (Å²) in [4.78, 5) is 26.6. The Bertz CT molecular complexity index is 715. The number of aromatic hydroxyl groups is 1. The Morgan fingerprint density at radius 3 is 2.59 bits per heavy atom. The first kappa shape index (κ1) is 21.3. The molecule has 2 aliphatic rings. The topological polar surface area (TPSA) is 88.1 Å². The minimum atomic E-state index is -0.218. The number of methoxy groups -OCH3 is 1. The molecule has 2 fully saturated rings. The van der Waals surface area contributed by atoms with Crippen molar-refractivity contribution in [2.75, 3.05) is 20.2 Å². The van der Waals surface area contributed by atoms with Gasteiger partial charge in [0.2, 0.25) is 5.91 Å². The number of benzene rings is 1. The monoisotopic (exact) mass is 404 g/mol. The molecule has 2 atom stereocenters. The Hall–Kier alpha value is -2.44. The van der Waals surface area contributed by atoms with Gasteiger partial charge >= 0.3 is 6.09 Å². The first-order valence-electron chi connectivity index (χ1n) is 10.6. The number of ether oxygens (including phenoxy) is 2. The maximum absolute atomic E-state index is 12.5. The zero-order valence-electron chi connectivity index (χ0n) is 17.4. The second-order valence-electron chi connectivity index (χ2n) is 8.20. The molecule has 1 aromatic rings. The molecule has 0 bridgehead atoms. The van der Waals surface area contributed by atoms with E-state index in [-0.39, 0.29) is 36.3 Å². The number of phenols is 1. The molecule has 7 nitrogen and oxygen atoms in total. The highest BCUT2D eigenvalue weighted by atomic mass is 16.6. The SMILES string of the molecule is COc1cc(CC(=O)NC2CCN(C(=O)O[C@@H]3CCCC[C@@H]3C)CC2)ccc1O. The van der Waals surface area contributed by atoms with Gasteiger partial charge in [-0.3, -0.25) is 4.79 Å². The lowest BCUT2D eigenvalue weighted by Crippen LogP contribution is -2.48. The summed E-state index contributed by atoms with van der Waals surface area (Å²) in [6, 6.07) is 4.96. The van der Waals surface area contributed by atoms with E-state index in [9.17, 15) is 14.7 Å². The number of rotatable bonds is 5. The fraction of sp³-hybridized carbons (Fsp3) is 0.636. The van der Waals surface area contributed by atoms with Crippen molar-refractivity contribution < 1.29 is 24.2 Å². The summed E-state index contributed by atoms with van der Waals surface area (Å²) < 4.78 is 10.8. The van der Waals surface area contributed by atoms with Gasteiger partial charge in [-0.2, -0.15) is 0 Å². The normalized spacial score (nSPS) is 22.8. The van der Waals surface area contributed by atoms with E-state index >= 15 is 0 Å². The van der Waals surface area contributed by atoms with Gasteiger partial charge in [0, 0.05) is 19.1 Å². The van der Waals surface area contributed by atoms with Crippen LogP contribution >= 0.6 is 0 Å². The molecule has 0 spiro atoms. The highest BCUT2D eigenvalue weighted by molar-refractivity contribution is 5.79. The number of hydrogen-bond donors (Lipinski definition) is 2. The summed E-state index contributed by atoms with van der Waals surface area (Å²) in [7, 11) is 1.48. The zero-order valence-corrected chi connectivity index (χ0v) is 17.4. The largest absolute Gasteiger partial charge is 0.504 e. The molecule has 1 aliphatic heterocycles. The molecule has 29 heavy (non-hydrogen) atoms. The molecule has 7 heteroatoms. The molecular formula is C22H32N2O5. The van der Waals surface area contributed by atoms with Crippen LogP contribution in [0, 0.1) is 5.92 Å². The van der Waals surface area contributed by atoms with Gasteiger partial charge < -0.3 is 24.8 Å². The fourth-order valence-electron chi connectivity index (χ4n) is 4.16. The van der Waals surface area contributed by atoms with Crippen LogP contribution in [0.4, 0.5) is 4.79 Å². The lowest BCUT2D eigenvalue weighted by Gasteiger charge is -2.35. The molecular weight excluding hydrogens is 372 g/mol. The van der Waals surface area contributed by atoms with Gasteiger partial charge in [-0.05, 0) is 55.7 Å². The fourth-order valence-corrected chi connectivity index (χ4v) is 4.16. The Kier molecular flexibility index (Phi) is 7.23. The van der Waals surface area contributed by atoms with Crippen LogP contribution in [0.3, 0.4) is 0 Å². The maximum Gasteiger partial charge on any atom is 0.410 e. The third-order valence-electron chi connectivity index (χ3n) is 6.01. The molecule has 2 N–H and O–H groups in total. The minimum Gasteiger partial charge on any atom is -0.504 e. The highest BCUT2D eigenvalue weighted by Gasteiger charge is 2.29. The second-order valence-corrected chi connectivity index (χ2v) is 8.20. The number of nitrogens with one attached hydrogen (secondary N) is 1. The predicted octanol–water partition coefficient (Wildman–Crippen LogP) is 3.24. The van der Waals surface area contributed by atoms with E-state index in [0.29, 0.717) is 24.8 Å². The predicted molar refractivity (Wildman–Crippen MR) is 109 cm³/mol. The van der Waals surface area contributed by atoms with Crippen molar-refractivity contribution in [3.63, 3.8) is 0 Å². The molecule has 1 saturated heterocycles. The van der Waals surface area contributed by atoms with Crippen LogP contribution in [-0.4, -0.2) is 54.4 Å². The van der Waals surface area contributed by atoms with Crippen molar-refractivity contribution in [3.05, 3.63) is 23.8 Å². The van der Waals surface area contributed by atoms with Crippen LogP contribution in [-0.2, 0) is 16.0 Å². The molecule has 0 unspecified atom stereocenters. The molecule has 1 aromatic carbocycles. The van der Waals surface area contributed by atoms with Gasteiger partial charge in [0.05, 0.1) is 13.5 Å². The number of likely N-dealkylation sites (tertiary alicyclic amines) is 1. The van der Waals surface area contributed by atoms with Crippen molar-refractivity contribution in [2.24, 2.45) is 5.92 Å². The summed E-state index contributed by atoms with van der Waals surface area (Å²) in [5.41, 5.74) is 0.778. The summed E-state index contributed by atoms with van der Waals surface area (Å²) in [6.45, 7) is 3.35. The van der Waals surface area contributed by atoms with Gasteiger partial charge in [0.15, 0.2) is 11.5 Å². The molecule has 160 valence electrons. The summed E-state index contributed by atoms with van der Waals surface area (Å²) in [5, 5.41) is 12.7. The Labute approximate surface area is 172 Å². The van der Waals surface area contributed by atoms with Crippen LogP contribution in [0.5, 0.6) is 11.5 Å². The van der Waals surface area contributed by atoms with Gasteiger partial charge in [-0.25, -0.2) is 4.79 Å². The molecule has 0 radical (unpaired) electrons. The average Bonchev–Trinajstić information content (AvgIpc) is 2.71. The van der Waals surface area contributed by atoms with Crippen LogP contribution in [0.15, 0.2) is 18.2 Å². The van der Waals surface area contributed by atoms with E-state index in [0.717, 1.165) is 37.7 Å². The summed E-state index contributed by atoms with van der Waals surface area (Å²) >= 11 is 0. The quantitative estimate of drug-likeness (QED) is 0.787. The number of hydrogen-bond acceptors (Lipinski definition) is 5. The smallest absolute Gasteiger partial charge is 0.410 e. The third kappa shape index (κ3) is 5.78. The molecule has 3 rings (SSSR count). The van der Waals surface area contributed by atoms with Gasteiger partial charge in [0.1, 0.15) is 6.10 Å². The van der Waals surface area contributed by atoms with Crippen LogP contribution in [0.2, 0.25) is 0 Å². The van der Waals surface area contributed by atoms with Gasteiger partial charge in [0.25, 0.3) is 0 Å². The van der Waals surface area contributed by atoms with Crippen molar-refractivity contribution in [3.8, 4) is 11.5 Å². The standard InChI is InChI=1S/C22H32N2O5/c1-15-5-3-4-6-19(15)29-22(27)24-11-9-17(10-12-24)23-21(26)14-16-7-8-18(25)20(13-16)28-2/h7-8,13,15,17,19,25H,3-6,9-12,14H2,1-2H3,(H,23,26)/t15-,19+/m0/s1. The molecule has 1 saturated carbocycles. The van der Waals surface area contributed by atoms with Crippen molar-refractivity contribution in [1.29, 1.82) is 0 Å². The van der Waals surface area contributed by atoms with Gasteiger partial charge in [-0.15, -0.1) is 0 Å².